The highest BCUT2D eigenvalue weighted by Crippen LogP contribution is 2.38. The topological polar surface area (TPSA) is 86.8 Å². The summed E-state index contributed by atoms with van der Waals surface area (Å²) in [6, 6.07) is 15.4. The number of carbonyl (C=O) groups excluding carboxylic acids is 2. The normalized spacial score (nSPS) is 19.0. The lowest BCUT2D eigenvalue weighted by molar-refractivity contribution is -0.140. The second-order valence-corrected chi connectivity index (χ2v) is 11.6. The second kappa shape index (κ2) is 14.1. The van der Waals surface area contributed by atoms with E-state index in [2.05, 4.69) is 4.90 Å². The van der Waals surface area contributed by atoms with Crippen LogP contribution >= 0.6 is 0 Å². The van der Waals surface area contributed by atoms with Gasteiger partial charge in [-0.2, -0.15) is 0 Å². The van der Waals surface area contributed by atoms with E-state index in [1.54, 1.807) is 18.9 Å². The van der Waals surface area contributed by atoms with Crippen molar-refractivity contribution in [1.82, 2.24) is 9.80 Å². The first kappa shape index (κ1) is 31.4. The zero-order valence-electron chi connectivity index (χ0n) is 25.7. The van der Waals surface area contributed by atoms with Crippen molar-refractivity contribution in [3.8, 4) is 11.5 Å². The Morgan fingerprint density at radius 2 is 1.74 bits per heavy atom. The Morgan fingerprint density at radius 3 is 2.43 bits per heavy atom. The van der Waals surface area contributed by atoms with Crippen molar-refractivity contribution in [3.63, 3.8) is 0 Å². The average molecular weight is 581 g/mol. The van der Waals surface area contributed by atoms with E-state index in [1.807, 2.05) is 76.3 Å². The molecule has 2 heterocycles. The molecule has 228 valence electrons. The van der Waals surface area contributed by atoms with Gasteiger partial charge in [0, 0.05) is 31.1 Å². The zero-order chi connectivity index (χ0) is 30.3. The molecular formula is C33H44N2O7. The van der Waals surface area contributed by atoms with Gasteiger partial charge in [-0.3, -0.25) is 4.90 Å². The van der Waals surface area contributed by atoms with Crippen LogP contribution in [0, 0.1) is 0 Å². The Labute approximate surface area is 249 Å². The van der Waals surface area contributed by atoms with Gasteiger partial charge in [0.25, 0.3) is 0 Å². The van der Waals surface area contributed by atoms with E-state index in [0.29, 0.717) is 44.9 Å². The van der Waals surface area contributed by atoms with Crippen molar-refractivity contribution in [1.29, 1.82) is 0 Å². The fourth-order valence-electron chi connectivity index (χ4n) is 5.42. The highest BCUT2D eigenvalue weighted by Gasteiger charge is 2.44. The Bertz CT molecular complexity index is 1250. The summed E-state index contributed by atoms with van der Waals surface area (Å²) in [5.41, 5.74) is 2.95. The largest absolute Gasteiger partial charge is 0.496 e. The average Bonchev–Trinajstić information content (AvgIpc) is 2.94. The molecular weight excluding hydrogens is 536 g/mol. The monoisotopic (exact) mass is 580 g/mol. The minimum Gasteiger partial charge on any atom is -0.496 e. The molecule has 0 saturated carbocycles. The zero-order valence-corrected chi connectivity index (χ0v) is 25.7. The molecule has 0 N–H and O–H groups in total. The van der Waals surface area contributed by atoms with Gasteiger partial charge >= 0.3 is 12.1 Å². The highest BCUT2D eigenvalue weighted by molar-refractivity contribution is 6.00. The molecule has 2 bridgehead atoms. The summed E-state index contributed by atoms with van der Waals surface area (Å²) in [5, 5.41) is 0. The molecule has 0 aliphatic carbocycles. The molecule has 1 saturated heterocycles. The molecule has 0 aromatic heterocycles. The molecule has 9 heteroatoms. The van der Waals surface area contributed by atoms with Gasteiger partial charge in [0.15, 0.2) is 0 Å². The number of benzene rings is 2. The maximum absolute atomic E-state index is 13.3. The molecule has 2 aromatic carbocycles. The summed E-state index contributed by atoms with van der Waals surface area (Å²) in [6.07, 6.45) is 1.01. The fraction of sp³-hybridized carbons (Fsp3) is 0.515. The number of amides is 1. The van der Waals surface area contributed by atoms with Crippen LogP contribution in [0.25, 0.3) is 5.57 Å². The molecule has 0 spiro atoms. The Hall–Kier alpha value is -3.56. The van der Waals surface area contributed by atoms with E-state index in [9.17, 15) is 9.59 Å². The van der Waals surface area contributed by atoms with E-state index in [0.717, 1.165) is 34.6 Å². The molecule has 1 fully saturated rings. The standard InChI is InChI=1S/C33H44N2O7/c1-7-40-31(36)30-27(19-25-20-35(21-28(30)34(25)5)32(37)42-33(2,3)4)23-13-15-26(16-14-23)41-18-10-17-39-22-24-11-8-9-12-29(24)38-6/h8-9,11-16,25,28H,7,10,17-22H2,1-6H3/t25-,28-/m1/s1. The van der Waals surface area contributed by atoms with E-state index < -0.39 is 5.60 Å². The molecule has 42 heavy (non-hydrogen) atoms. The first-order valence-electron chi connectivity index (χ1n) is 14.6. The van der Waals surface area contributed by atoms with Crippen molar-refractivity contribution in [2.24, 2.45) is 0 Å². The summed E-state index contributed by atoms with van der Waals surface area (Å²) in [6.45, 7) is 10.1. The van der Waals surface area contributed by atoms with Gasteiger partial charge in [0.05, 0.1) is 45.2 Å². The lowest BCUT2D eigenvalue weighted by Gasteiger charge is -2.49. The smallest absolute Gasteiger partial charge is 0.410 e. The SMILES string of the molecule is CCOC(=O)C1=C(c2ccc(OCCCOCc3ccccc3OC)cc2)C[C@@H]2CN(C(=O)OC(C)(C)C)C[C@H]1N2C. The number of hydrogen-bond donors (Lipinski definition) is 0. The lowest BCUT2D eigenvalue weighted by atomic mass is 9.82. The van der Waals surface area contributed by atoms with Crippen LogP contribution in [0.4, 0.5) is 4.79 Å². The summed E-state index contributed by atoms with van der Waals surface area (Å²) in [4.78, 5) is 30.1. The Kier molecular flexibility index (Phi) is 10.5. The van der Waals surface area contributed by atoms with Crippen molar-refractivity contribution in [2.75, 3.05) is 47.1 Å². The highest BCUT2D eigenvalue weighted by atomic mass is 16.6. The van der Waals surface area contributed by atoms with Gasteiger partial charge in [0.1, 0.15) is 17.1 Å². The van der Waals surface area contributed by atoms with Crippen LogP contribution in [0.5, 0.6) is 11.5 Å². The number of likely N-dealkylation sites (N-methyl/N-ethyl adjacent to an activating group) is 1. The summed E-state index contributed by atoms with van der Waals surface area (Å²) in [7, 11) is 3.67. The van der Waals surface area contributed by atoms with E-state index >= 15 is 0 Å². The number of hydrogen-bond acceptors (Lipinski definition) is 8. The third-order valence-electron chi connectivity index (χ3n) is 7.49. The third-order valence-corrected chi connectivity index (χ3v) is 7.49. The minimum atomic E-state index is -0.590. The van der Waals surface area contributed by atoms with Gasteiger partial charge in [-0.1, -0.05) is 30.3 Å². The van der Waals surface area contributed by atoms with Crippen molar-refractivity contribution in [3.05, 3.63) is 65.2 Å². The number of piperazine rings is 1. The minimum absolute atomic E-state index is 0.0521. The number of rotatable bonds is 11. The molecule has 9 nitrogen and oxygen atoms in total. The molecule has 1 amide bonds. The lowest BCUT2D eigenvalue weighted by Crippen LogP contribution is -2.62. The quantitative estimate of drug-likeness (QED) is 0.261. The summed E-state index contributed by atoms with van der Waals surface area (Å²) >= 11 is 0. The van der Waals surface area contributed by atoms with E-state index in [1.165, 1.54) is 0 Å². The molecule has 4 rings (SSSR count). The van der Waals surface area contributed by atoms with Gasteiger partial charge in [-0.05, 0) is 70.5 Å². The number of esters is 1. The van der Waals surface area contributed by atoms with Crippen LogP contribution in [0.1, 0.15) is 51.7 Å². The maximum Gasteiger partial charge on any atom is 0.410 e. The van der Waals surface area contributed by atoms with Crippen LogP contribution in [-0.2, 0) is 25.6 Å². The van der Waals surface area contributed by atoms with E-state index in [-0.39, 0.29) is 30.8 Å². The van der Waals surface area contributed by atoms with Crippen molar-refractivity contribution < 1.29 is 33.3 Å². The third kappa shape index (κ3) is 7.83. The van der Waals surface area contributed by atoms with Gasteiger partial charge < -0.3 is 28.6 Å². The molecule has 0 radical (unpaired) electrons. The first-order valence-corrected chi connectivity index (χ1v) is 14.6. The van der Waals surface area contributed by atoms with Gasteiger partial charge in [0.2, 0.25) is 0 Å². The molecule has 2 atom stereocenters. The molecule has 2 aromatic rings. The Balaban J connectivity index is 1.40. The molecule has 2 aliphatic rings. The summed E-state index contributed by atoms with van der Waals surface area (Å²) < 4.78 is 28.3. The number of ether oxygens (including phenoxy) is 5. The van der Waals surface area contributed by atoms with E-state index in [4.69, 9.17) is 23.7 Å². The van der Waals surface area contributed by atoms with Crippen LogP contribution in [0.2, 0.25) is 0 Å². The second-order valence-electron chi connectivity index (χ2n) is 11.6. The van der Waals surface area contributed by atoms with Crippen LogP contribution < -0.4 is 9.47 Å². The summed E-state index contributed by atoms with van der Waals surface area (Å²) in [5.74, 6) is 1.23. The molecule has 0 unspecified atom stereocenters. The number of para-hydroxylation sites is 1. The number of fused-ring (bicyclic) bond motifs is 2. The number of nitrogens with zero attached hydrogens (tertiary/aromatic N) is 2. The first-order chi connectivity index (χ1) is 20.1. The predicted octanol–water partition coefficient (Wildman–Crippen LogP) is 5.32. The van der Waals surface area contributed by atoms with Gasteiger partial charge in [-0.15, -0.1) is 0 Å². The predicted molar refractivity (Wildman–Crippen MR) is 161 cm³/mol. The van der Waals surface area contributed by atoms with Gasteiger partial charge in [-0.25, -0.2) is 9.59 Å². The van der Waals surface area contributed by atoms with Crippen LogP contribution in [-0.4, -0.2) is 86.6 Å². The van der Waals surface area contributed by atoms with Crippen LogP contribution in [0.3, 0.4) is 0 Å². The fourth-order valence-corrected chi connectivity index (χ4v) is 5.42. The van der Waals surface area contributed by atoms with Crippen molar-refractivity contribution >= 4 is 17.6 Å². The maximum atomic E-state index is 13.3. The Morgan fingerprint density at radius 1 is 1.00 bits per heavy atom. The van der Waals surface area contributed by atoms with Crippen LogP contribution in [0.15, 0.2) is 54.1 Å². The number of carbonyl (C=O) groups is 2. The number of methoxy groups -OCH3 is 1. The molecule has 2 aliphatic heterocycles. The van der Waals surface area contributed by atoms with Crippen molar-refractivity contribution in [2.45, 2.75) is 64.8 Å².